The van der Waals surface area contributed by atoms with Crippen LogP contribution >= 0.6 is 0 Å². The van der Waals surface area contributed by atoms with Crippen molar-refractivity contribution in [2.75, 3.05) is 23.3 Å². The van der Waals surface area contributed by atoms with Crippen molar-refractivity contribution >= 4 is 17.3 Å². The third-order valence-electron chi connectivity index (χ3n) is 3.71. The van der Waals surface area contributed by atoms with Gasteiger partial charge in [0.15, 0.2) is 0 Å². The van der Waals surface area contributed by atoms with E-state index >= 15 is 0 Å². The minimum absolute atomic E-state index is 0.182. The van der Waals surface area contributed by atoms with Crippen molar-refractivity contribution in [3.63, 3.8) is 0 Å². The van der Waals surface area contributed by atoms with Gasteiger partial charge in [-0.2, -0.15) is 0 Å². The number of amides is 1. The molecule has 2 aromatic carbocycles. The monoisotopic (exact) mass is 314 g/mol. The lowest BCUT2D eigenvalue weighted by atomic mass is 10.1. The summed E-state index contributed by atoms with van der Waals surface area (Å²) in [5.41, 5.74) is 3.75. The van der Waals surface area contributed by atoms with Crippen LogP contribution in [-0.4, -0.2) is 19.0 Å². The molecule has 1 N–H and O–H groups in total. The number of nitrogens with zero attached hydrogens (tertiary/aromatic N) is 1. The Morgan fingerprint density at radius 3 is 2.39 bits per heavy atom. The number of nitrogens with one attached hydrogen (secondary N) is 1. The summed E-state index contributed by atoms with van der Waals surface area (Å²) in [4.78, 5) is 14.2. The summed E-state index contributed by atoms with van der Waals surface area (Å²) in [5.74, 6) is -0.597. The van der Waals surface area contributed by atoms with Gasteiger partial charge in [-0.1, -0.05) is 18.2 Å². The first-order valence-electron chi connectivity index (χ1n) is 7.87. The Balaban J connectivity index is 1.97. The van der Waals surface area contributed by atoms with Gasteiger partial charge in [0.25, 0.3) is 0 Å². The number of benzene rings is 2. The normalized spacial score (nSPS) is 10.4. The minimum atomic E-state index is -0.414. The van der Waals surface area contributed by atoms with Crippen LogP contribution in [0.3, 0.4) is 0 Å². The van der Waals surface area contributed by atoms with E-state index < -0.39 is 5.82 Å². The van der Waals surface area contributed by atoms with Gasteiger partial charge >= 0.3 is 0 Å². The molecular formula is C19H23FN2O. The van der Waals surface area contributed by atoms with Crippen LogP contribution in [0.2, 0.25) is 0 Å². The lowest BCUT2D eigenvalue weighted by Gasteiger charge is -2.24. The molecule has 0 fully saturated rings. The maximum Gasteiger partial charge on any atom is 0.226 e. The van der Waals surface area contributed by atoms with Crippen molar-refractivity contribution < 1.29 is 9.18 Å². The Morgan fingerprint density at radius 2 is 1.78 bits per heavy atom. The van der Waals surface area contributed by atoms with E-state index in [9.17, 15) is 9.18 Å². The molecule has 0 bridgehead atoms. The number of carbonyl (C=O) groups excluding carboxylic acids is 1. The highest BCUT2D eigenvalue weighted by molar-refractivity contribution is 5.91. The van der Waals surface area contributed by atoms with Gasteiger partial charge in [-0.25, -0.2) is 4.39 Å². The average molecular weight is 314 g/mol. The SMILES string of the molecule is CCN(CCC(=O)Nc1ccccc1F)c1cc(C)cc(C)c1. The van der Waals surface area contributed by atoms with Crippen LogP contribution < -0.4 is 10.2 Å². The second-order valence-electron chi connectivity index (χ2n) is 5.70. The van der Waals surface area contributed by atoms with Gasteiger partial charge in [0.2, 0.25) is 5.91 Å². The van der Waals surface area contributed by atoms with Crippen molar-refractivity contribution in [1.82, 2.24) is 0 Å². The Kier molecular flexibility index (Phi) is 5.74. The maximum atomic E-state index is 13.5. The van der Waals surface area contributed by atoms with E-state index in [-0.39, 0.29) is 11.6 Å². The molecule has 1 amide bonds. The molecule has 2 aromatic rings. The molecule has 0 radical (unpaired) electrons. The highest BCUT2D eigenvalue weighted by Gasteiger charge is 2.10. The van der Waals surface area contributed by atoms with Crippen LogP contribution in [0.4, 0.5) is 15.8 Å². The van der Waals surface area contributed by atoms with E-state index in [2.05, 4.69) is 49.2 Å². The molecule has 0 heterocycles. The van der Waals surface area contributed by atoms with Crippen molar-refractivity contribution in [3.05, 3.63) is 59.4 Å². The quantitative estimate of drug-likeness (QED) is 0.862. The molecule has 0 aliphatic rings. The molecule has 0 unspecified atom stereocenters. The van der Waals surface area contributed by atoms with Crippen LogP contribution in [0.15, 0.2) is 42.5 Å². The summed E-state index contributed by atoms with van der Waals surface area (Å²) in [7, 11) is 0. The molecule has 0 saturated carbocycles. The molecule has 0 spiro atoms. The number of halogens is 1. The van der Waals surface area contributed by atoms with Gasteiger partial charge < -0.3 is 10.2 Å². The first kappa shape index (κ1) is 17.0. The van der Waals surface area contributed by atoms with Crippen molar-refractivity contribution in [2.45, 2.75) is 27.2 Å². The van der Waals surface area contributed by atoms with E-state index in [1.54, 1.807) is 18.2 Å². The number of aryl methyl sites for hydroxylation is 2. The first-order valence-corrected chi connectivity index (χ1v) is 7.87. The highest BCUT2D eigenvalue weighted by Crippen LogP contribution is 2.19. The zero-order chi connectivity index (χ0) is 16.8. The van der Waals surface area contributed by atoms with Crippen LogP contribution in [0.25, 0.3) is 0 Å². The van der Waals surface area contributed by atoms with Crippen LogP contribution in [0.1, 0.15) is 24.5 Å². The summed E-state index contributed by atoms with van der Waals surface area (Å²) < 4.78 is 13.5. The van der Waals surface area contributed by atoms with Crippen LogP contribution in [0.5, 0.6) is 0 Å². The van der Waals surface area contributed by atoms with Crippen LogP contribution in [-0.2, 0) is 4.79 Å². The van der Waals surface area contributed by atoms with Gasteiger partial charge in [-0.05, 0) is 56.2 Å². The zero-order valence-electron chi connectivity index (χ0n) is 13.9. The molecule has 0 atom stereocenters. The van der Waals surface area contributed by atoms with Crippen LogP contribution in [0, 0.1) is 19.7 Å². The molecule has 3 nitrogen and oxygen atoms in total. The number of para-hydroxylation sites is 1. The molecule has 0 aliphatic heterocycles. The molecule has 2 rings (SSSR count). The fourth-order valence-corrected chi connectivity index (χ4v) is 2.61. The predicted octanol–water partition coefficient (Wildman–Crippen LogP) is 4.30. The van der Waals surface area contributed by atoms with Crippen molar-refractivity contribution in [3.8, 4) is 0 Å². The van der Waals surface area contributed by atoms with Gasteiger partial charge in [-0.3, -0.25) is 4.79 Å². The number of carbonyl (C=O) groups is 1. The summed E-state index contributed by atoms with van der Waals surface area (Å²) in [6.07, 6.45) is 0.315. The fourth-order valence-electron chi connectivity index (χ4n) is 2.61. The maximum absolute atomic E-state index is 13.5. The summed E-state index contributed by atoms with van der Waals surface area (Å²) in [6, 6.07) is 12.6. The Hall–Kier alpha value is -2.36. The van der Waals surface area contributed by atoms with Crippen molar-refractivity contribution in [1.29, 1.82) is 0 Å². The predicted molar refractivity (Wildman–Crippen MR) is 93.4 cm³/mol. The lowest BCUT2D eigenvalue weighted by Crippen LogP contribution is -2.27. The lowest BCUT2D eigenvalue weighted by molar-refractivity contribution is -0.116. The zero-order valence-corrected chi connectivity index (χ0v) is 13.9. The average Bonchev–Trinajstić information content (AvgIpc) is 2.49. The topological polar surface area (TPSA) is 32.3 Å². The van der Waals surface area contributed by atoms with E-state index in [0.29, 0.717) is 13.0 Å². The van der Waals surface area contributed by atoms with E-state index in [1.807, 2.05) is 0 Å². The van der Waals surface area contributed by atoms with E-state index in [0.717, 1.165) is 12.2 Å². The first-order chi connectivity index (χ1) is 11.0. The number of hydrogen-bond acceptors (Lipinski definition) is 2. The third kappa shape index (κ3) is 4.81. The Bertz CT molecular complexity index is 665. The number of rotatable bonds is 6. The standard InChI is InChI=1S/C19H23FN2O/c1-4-22(16-12-14(2)11-15(3)13-16)10-9-19(23)21-18-8-6-5-7-17(18)20/h5-8,11-13H,4,9-10H2,1-3H3,(H,21,23). The smallest absolute Gasteiger partial charge is 0.226 e. The number of hydrogen-bond donors (Lipinski definition) is 1. The van der Waals surface area contributed by atoms with Gasteiger partial charge in [-0.15, -0.1) is 0 Å². The van der Waals surface area contributed by atoms with Gasteiger partial charge in [0.05, 0.1) is 5.69 Å². The number of anilines is 2. The summed E-state index contributed by atoms with van der Waals surface area (Å²) in [5, 5.41) is 2.62. The second kappa shape index (κ2) is 7.77. The molecule has 0 aliphatic carbocycles. The second-order valence-corrected chi connectivity index (χ2v) is 5.70. The minimum Gasteiger partial charge on any atom is -0.371 e. The Labute approximate surface area is 137 Å². The largest absolute Gasteiger partial charge is 0.371 e. The third-order valence-corrected chi connectivity index (χ3v) is 3.71. The van der Waals surface area contributed by atoms with Gasteiger partial charge in [0.1, 0.15) is 5.82 Å². The molecule has 23 heavy (non-hydrogen) atoms. The summed E-state index contributed by atoms with van der Waals surface area (Å²) in [6.45, 7) is 7.60. The fraction of sp³-hybridized carbons (Fsp3) is 0.316. The summed E-state index contributed by atoms with van der Waals surface area (Å²) >= 11 is 0. The van der Waals surface area contributed by atoms with Crippen molar-refractivity contribution in [2.24, 2.45) is 0 Å². The highest BCUT2D eigenvalue weighted by atomic mass is 19.1. The molecule has 0 aromatic heterocycles. The molecule has 122 valence electrons. The van der Waals surface area contributed by atoms with Gasteiger partial charge in [0, 0.05) is 25.2 Å². The van der Waals surface area contributed by atoms with E-state index in [4.69, 9.17) is 0 Å². The van der Waals surface area contributed by atoms with E-state index in [1.165, 1.54) is 17.2 Å². The molecular weight excluding hydrogens is 291 g/mol. The molecule has 4 heteroatoms. The Morgan fingerprint density at radius 1 is 1.13 bits per heavy atom. The molecule has 0 saturated heterocycles.